The second-order valence-electron chi connectivity index (χ2n) is 7.84. The number of fused-ring (bicyclic) bond motifs is 1. The van der Waals surface area contributed by atoms with E-state index in [1.807, 2.05) is 48.5 Å². The van der Waals surface area contributed by atoms with Crippen molar-refractivity contribution in [3.8, 4) is 5.75 Å². The molecular formula is C22H23ClN4O2. The molecule has 2 N–H and O–H groups in total. The summed E-state index contributed by atoms with van der Waals surface area (Å²) in [5.41, 5.74) is 5.14. The van der Waals surface area contributed by atoms with Gasteiger partial charge in [0.25, 0.3) is 0 Å². The van der Waals surface area contributed by atoms with Gasteiger partial charge in [0.1, 0.15) is 12.4 Å². The van der Waals surface area contributed by atoms with E-state index >= 15 is 0 Å². The fourth-order valence-electron chi connectivity index (χ4n) is 3.79. The molecule has 2 heterocycles. The smallest absolute Gasteiger partial charge is 0.245 e. The number of hydrogen-bond donors (Lipinski definition) is 2. The van der Waals surface area contributed by atoms with Gasteiger partial charge in [-0.25, -0.2) is 10.0 Å². The molecule has 2 aromatic carbocycles. The molecule has 0 spiro atoms. The van der Waals surface area contributed by atoms with Gasteiger partial charge in [0.2, 0.25) is 5.91 Å². The summed E-state index contributed by atoms with van der Waals surface area (Å²) in [7, 11) is 0. The molecule has 1 amide bonds. The van der Waals surface area contributed by atoms with Crippen LogP contribution in [0.2, 0.25) is 5.02 Å². The molecule has 29 heavy (non-hydrogen) atoms. The third-order valence-corrected chi connectivity index (χ3v) is 5.90. The summed E-state index contributed by atoms with van der Waals surface area (Å²) in [6, 6.07) is 15.5. The van der Waals surface area contributed by atoms with E-state index in [0.29, 0.717) is 18.9 Å². The maximum absolute atomic E-state index is 12.6. The van der Waals surface area contributed by atoms with E-state index in [-0.39, 0.29) is 11.9 Å². The number of benzene rings is 2. The summed E-state index contributed by atoms with van der Waals surface area (Å²) < 4.78 is 6.11. The molecule has 5 rings (SSSR count). The highest BCUT2D eigenvalue weighted by atomic mass is 35.5. The summed E-state index contributed by atoms with van der Waals surface area (Å²) in [5.74, 6) is 2.23. The molecule has 2 atom stereocenters. The Morgan fingerprint density at radius 3 is 2.76 bits per heavy atom. The lowest BCUT2D eigenvalue weighted by Crippen LogP contribution is -2.60. The van der Waals surface area contributed by atoms with Gasteiger partial charge in [-0.3, -0.25) is 15.5 Å². The van der Waals surface area contributed by atoms with Gasteiger partial charge in [-0.05, 0) is 37.3 Å². The standard InChI is InChI=1S/C22H23ClN4O2/c23-18-7-4-8-19(17(18)11-14-9-10-14)29-13-16-12-20(28)27-22(24-16)25-21(26-27)15-5-2-1-3-6-15/h1-8,14,16,22,24H,9-13H2,(H,25,26). The largest absolute Gasteiger partial charge is 0.492 e. The number of nitrogens with zero attached hydrogens (tertiary/aromatic N) is 2. The number of hydrogen-bond acceptors (Lipinski definition) is 5. The van der Waals surface area contributed by atoms with Gasteiger partial charge in [0.15, 0.2) is 12.1 Å². The Morgan fingerprint density at radius 2 is 1.97 bits per heavy atom. The number of carbonyl (C=O) groups excluding carboxylic acids is 1. The Morgan fingerprint density at radius 1 is 1.14 bits per heavy atom. The van der Waals surface area contributed by atoms with Gasteiger partial charge in [-0.1, -0.05) is 48.0 Å². The molecule has 2 aliphatic heterocycles. The van der Waals surface area contributed by atoms with Crippen molar-refractivity contribution < 1.29 is 9.53 Å². The summed E-state index contributed by atoms with van der Waals surface area (Å²) >= 11 is 6.41. The number of carbonyl (C=O) groups is 1. The van der Waals surface area contributed by atoms with Crippen molar-refractivity contribution >= 4 is 23.3 Å². The molecular weight excluding hydrogens is 388 g/mol. The van der Waals surface area contributed by atoms with Crippen molar-refractivity contribution in [3.05, 3.63) is 64.7 Å². The lowest BCUT2D eigenvalue weighted by molar-refractivity contribution is -0.140. The Balaban J connectivity index is 1.26. The SMILES string of the molecule is O=C1CC(COc2cccc(Cl)c2CC2CC2)NC2N=C(c3ccccc3)NN12. The molecule has 0 radical (unpaired) electrons. The fraction of sp³-hybridized carbons (Fsp3) is 0.364. The predicted octanol–water partition coefficient (Wildman–Crippen LogP) is 3.11. The monoisotopic (exact) mass is 410 g/mol. The second-order valence-corrected chi connectivity index (χ2v) is 8.24. The molecule has 7 heteroatoms. The van der Waals surface area contributed by atoms with Crippen LogP contribution in [0.4, 0.5) is 0 Å². The predicted molar refractivity (Wildman–Crippen MR) is 112 cm³/mol. The van der Waals surface area contributed by atoms with Crippen molar-refractivity contribution in [2.45, 2.75) is 38.0 Å². The molecule has 1 saturated carbocycles. The average Bonchev–Trinajstić information content (AvgIpc) is 3.44. The van der Waals surface area contributed by atoms with Crippen LogP contribution in [0.15, 0.2) is 53.5 Å². The van der Waals surface area contributed by atoms with Crippen LogP contribution in [0.5, 0.6) is 5.75 Å². The molecule has 0 aromatic heterocycles. The zero-order valence-corrected chi connectivity index (χ0v) is 16.7. The van der Waals surface area contributed by atoms with E-state index in [2.05, 4.69) is 15.7 Å². The Bertz CT molecular complexity index is 945. The molecule has 1 saturated heterocycles. The zero-order valence-electron chi connectivity index (χ0n) is 16.0. The maximum Gasteiger partial charge on any atom is 0.245 e. The van der Waals surface area contributed by atoms with Crippen molar-refractivity contribution in [1.29, 1.82) is 0 Å². The fourth-order valence-corrected chi connectivity index (χ4v) is 4.03. The molecule has 3 aliphatic rings. The normalized spacial score (nSPS) is 23.4. The number of amides is 1. The van der Waals surface area contributed by atoms with Crippen molar-refractivity contribution in [2.75, 3.05) is 6.61 Å². The molecule has 6 nitrogen and oxygen atoms in total. The molecule has 2 unspecified atom stereocenters. The molecule has 2 fully saturated rings. The van der Waals surface area contributed by atoms with Crippen LogP contribution in [-0.4, -0.2) is 35.7 Å². The van der Waals surface area contributed by atoms with Crippen LogP contribution >= 0.6 is 11.6 Å². The lowest BCUT2D eigenvalue weighted by atomic mass is 10.1. The van der Waals surface area contributed by atoms with Crippen molar-refractivity contribution in [3.63, 3.8) is 0 Å². The van der Waals surface area contributed by atoms with Crippen LogP contribution < -0.4 is 15.5 Å². The number of hydrazine groups is 1. The van der Waals surface area contributed by atoms with E-state index in [0.717, 1.165) is 34.2 Å². The minimum Gasteiger partial charge on any atom is -0.492 e. The van der Waals surface area contributed by atoms with Crippen LogP contribution in [0, 0.1) is 5.92 Å². The van der Waals surface area contributed by atoms with Crippen LogP contribution in [-0.2, 0) is 11.2 Å². The zero-order chi connectivity index (χ0) is 19.8. The van der Waals surface area contributed by atoms with Gasteiger partial charge < -0.3 is 4.74 Å². The third kappa shape index (κ3) is 3.95. The van der Waals surface area contributed by atoms with Crippen molar-refractivity contribution in [1.82, 2.24) is 15.8 Å². The molecule has 0 bridgehead atoms. The first kappa shape index (κ1) is 18.5. The van der Waals surface area contributed by atoms with E-state index in [4.69, 9.17) is 16.3 Å². The second kappa shape index (κ2) is 7.69. The Hall–Kier alpha value is -2.57. The first-order chi connectivity index (χ1) is 14.2. The Kier molecular flexibility index (Phi) is 4.89. The first-order valence-electron chi connectivity index (χ1n) is 10.1. The summed E-state index contributed by atoms with van der Waals surface area (Å²) in [6.07, 6.45) is 3.40. The highest BCUT2D eigenvalue weighted by Gasteiger charge is 2.38. The minimum absolute atomic E-state index is 0.00123. The number of nitrogens with one attached hydrogen (secondary N) is 2. The molecule has 150 valence electrons. The topological polar surface area (TPSA) is 66.0 Å². The first-order valence-corrected chi connectivity index (χ1v) is 10.4. The van der Waals surface area contributed by atoms with Gasteiger partial charge in [-0.15, -0.1) is 0 Å². The number of amidine groups is 1. The van der Waals surface area contributed by atoms with Gasteiger partial charge in [0, 0.05) is 22.6 Å². The number of ether oxygens (including phenoxy) is 1. The van der Waals surface area contributed by atoms with E-state index in [1.54, 1.807) is 5.01 Å². The van der Waals surface area contributed by atoms with Crippen molar-refractivity contribution in [2.24, 2.45) is 10.9 Å². The van der Waals surface area contributed by atoms with Crippen LogP contribution in [0.25, 0.3) is 0 Å². The Labute approximate surface area is 174 Å². The molecule has 2 aromatic rings. The molecule has 1 aliphatic carbocycles. The summed E-state index contributed by atoms with van der Waals surface area (Å²) in [5, 5.41) is 5.71. The lowest BCUT2D eigenvalue weighted by Gasteiger charge is -2.33. The van der Waals surface area contributed by atoms with Gasteiger partial charge >= 0.3 is 0 Å². The van der Waals surface area contributed by atoms with Gasteiger partial charge in [0.05, 0.1) is 6.04 Å². The minimum atomic E-state index is -0.426. The highest BCUT2D eigenvalue weighted by molar-refractivity contribution is 6.31. The van der Waals surface area contributed by atoms with Crippen LogP contribution in [0.1, 0.15) is 30.4 Å². The van der Waals surface area contributed by atoms with Crippen LogP contribution in [0.3, 0.4) is 0 Å². The van der Waals surface area contributed by atoms with Gasteiger partial charge in [-0.2, -0.15) is 0 Å². The summed E-state index contributed by atoms with van der Waals surface area (Å²) in [4.78, 5) is 17.3. The van der Waals surface area contributed by atoms with E-state index in [9.17, 15) is 4.79 Å². The number of aliphatic imine (C=N–C) groups is 1. The average molecular weight is 411 g/mol. The number of rotatable bonds is 6. The van der Waals surface area contributed by atoms with E-state index in [1.165, 1.54) is 12.8 Å². The summed E-state index contributed by atoms with van der Waals surface area (Å²) in [6.45, 7) is 0.393. The number of halogens is 1. The van der Waals surface area contributed by atoms with E-state index < -0.39 is 6.29 Å². The maximum atomic E-state index is 12.6. The highest BCUT2D eigenvalue weighted by Crippen LogP contribution is 2.38. The quantitative estimate of drug-likeness (QED) is 0.768. The third-order valence-electron chi connectivity index (χ3n) is 5.55.